The molecule has 0 radical (unpaired) electrons. The molecule has 0 fully saturated rings. The fourth-order valence-electron chi connectivity index (χ4n) is 3.34. The van der Waals surface area contributed by atoms with E-state index in [9.17, 15) is 4.79 Å². The first kappa shape index (κ1) is 15.6. The molecule has 122 valence electrons. The van der Waals surface area contributed by atoms with Crippen LogP contribution in [0.25, 0.3) is 0 Å². The summed E-state index contributed by atoms with van der Waals surface area (Å²) in [6.07, 6.45) is 4.84. The summed E-state index contributed by atoms with van der Waals surface area (Å²) in [5.41, 5.74) is 8.23. The SMILES string of the molecule is CCN(C(=O)C1(N)CCc2c(OC)cccc21)c1cnn(C)c1. The number of benzene rings is 1. The van der Waals surface area contributed by atoms with Crippen molar-refractivity contribution in [1.82, 2.24) is 9.78 Å². The van der Waals surface area contributed by atoms with Crippen molar-refractivity contribution in [3.05, 3.63) is 41.7 Å². The lowest BCUT2D eigenvalue weighted by atomic mass is 9.91. The van der Waals surface area contributed by atoms with Crippen molar-refractivity contribution in [3.63, 3.8) is 0 Å². The van der Waals surface area contributed by atoms with Gasteiger partial charge in [0.1, 0.15) is 11.3 Å². The lowest BCUT2D eigenvalue weighted by Crippen LogP contribution is -2.51. The van der Waals surface area contributed by atoms with Crippen LogP contribution >= 0.6 is 0 Å². The number of carbonyl (C=O) groups excluding carboxylic acids is 1. The van der Waals surface area contributed by atoms with Gasteiger partial charge in [0.05, 0.1) is 19.0 Å². The van der Waals surface area contributed by atoms with Crippen LogP contribution in [0.4, 0.5) is 5.69 Å². The Morgan fingerprint density at radius 2 is 2.30 bits per heavy atom. The first-order valence-electron chi connectivity index (χ1n) is 7.77. The molecule has 3 rings (SSSR count). The fraction of sp³-hybridized carbons (Fsp3) is 0.412. The van der Waals surface area contributed by atoms with Crippen molar-refractivity contribution in [1.29, 1.82) is 0 Å². The molecule has 2 aromatic rings. The van der Waals surface area contributed by atoms with Crippen molar-refractivity contribution in [2.75, 3.05) is 18.6 Å². The Morgan fingerprint density at radius 1 is 1.52 bits per heavy atom. The molecular formula is C17H22N4O2. The molecule has 0 saturated heterocycles. The Bertz CT molecular complexity index is 740. The minimum atomic E-state index is -1.02. The van der Waals surface area contributed by atoms with Crippen LogP contribution in [0.15, 0.2) is 30.6 Å². The number of nitrogens with two attached hydrogens (primary N) is 1. The predicted octanol–water partition coefficient (Wildman–Crippen LogP) is 1.58. The van der Waals surface area contributed by atoms with Crippen LogP contribution in [0.5, 0.6) is 5.75 Å². The maximum absolute atomic E-state index is 13.2. The van der Waals surface area contributed by atoms with Gasteiger partial charge < -0.3 is 15.4 Å². The third-order valence-electron chi connectivity index (χ3n) is 4.55. The van der Waals surface area contributed by atoms with Gasteiger partial charge in [-0.25, -0.2) is 0 Å². The molecule has 23 heavy (non-hydrogen) atoms. The quantitative estimate of drug-likeness (QED) is 0.930. The zero-order valence-corrected chi connectivity index (χ0v) is 13.7. The van der Waals surface area contributed by atoms with Crippen LogP contribution in [0.1, 0.15) is 24.5 Å². The van der Waals surface area contributed by atoms with Gasteiger partial charge in [-0.1, -0.05) is 12.1 Å². The van der Waals surface area contributed by atoms with Crippen LogP contribution in [0.3, 0.4) is 0 Å². The topological polar surface area (TPSA) is 73.4 Å². The summed E-state index contributed by atoms with van der Waals surface area (Å²) in [6.45, 7) is 2.48. The van der Waals surface area contributed by atoms with E-state index in [0.29, 0.717) is 13.0 Å². The van der Waals surface area contributed by atoms with Gasteiger partial charge in [0.25, 0.3) is 5.91 Å². The van der Waals surface area contributed by atoms with E-state index in [1.807, 2.05) is 38.4 Å². The number of aromatic nitrogens is 2. The summed E-state index contributed by atoms with van der Waals surface area (Å²) in [5, 5.41) is 4.15. The number of fused-ring (bicyclic) bond motifs is 1. The van der Waals surface area contributed by atoms with Crippen molar-refractivity contribution >= 4 is 11.6 Å². The molecule has 1 unspecified atom stereocenters. The molecule has 0 aliphatic heterocycles. The van der Waals surface area contributed by atoms with Gasteiger partial charge in [0, 0.05) is 19.8 Å². The molecular weight excluding hydrogens is 292 g/mol. The van der Waals surface area contributed by atoms with E-state index < -0.39 is 5.54 Å². The molecule has 1 aliphatic carbocycles. The molecule has 1 heterocycles. The largest absolute Gasteiger partial charge is 0.496 e. The highest BCUT2D eigenvalue weighted by Gasteiger charge is 2.45. The van der Waals surface area contributed by atoms with Gasteiger partial charge in [-0.05, 0) is 37.0 Å². The minimum Gasteiger partial charge on any atom is -0.496 e. The number of hydrogen-bond donors (Lipinski definition) is 1. The molecule has 2 N–H and O–H groups in total. The smallest absolute Gasteiger partial charge is 0.251 e. The minimum absolute atomic E-state index is 0.0972. The third kappa shape index (κ3) is 2.39. The number of likely N-dealkylation sites (N-methyl/N-ethyl adjacent to an activating group) is 1. The molecule has 1 aromatic heterocycles. The number of amides is 1. The number of hydrogen-bond acceptors (Lipinski definition) is 4. The van der Waals surface area contributed by atoms with Crippen LogP contribution in [0, 0.1) is 0 Å². The summed E-state index contributed by atoms with van der Waals surface area (Å²) < 4.78 is 7.09. The molecule has 0 spiro atoms. The Balaban J connectivity index is 2.00. The number of anilines is 1. The molecule has 1 aromatic carbocycles. The summed E-state index contributed by atoms with van der Waals surface area (Å²) >= 11 is 0. The van der Waals surface area contributed by atoms with Crippen LogP contribution in [0.2, 0.25) is 0 Å². The van der Waals surface area contributed by atoms with Crippen LogP contribution in [-0.2, 0) is 23.8 Å². The lowest BCUT2D eigenvalue weighted by Gasteiger charge is -2.31. The monoisotopic (exact) mass is 314 g/mol. The zero-order chi connectivity index (χ0) is 16.6. The first-order chi connectivity index (χ1) is 11.0. The second-order valence-electron chi connectivity index (χ2n) is 5.88. The van der Waals surface area contributed by atoms with E-state index in [-0.39, 0.29) is 5.91 Å². The molecule has 0 saturated carbocycles. The number of methoxy groups -OCH3 is 1. The Labute approximate surface area is 135 Å². The van der Waals surface area contributed by atoms with Gasteiger partial charge >= 0.3 is 0 Å². The normalized spacial score (nSPS) is 19.5. The molecule has 0 bridgehead atoms. The highest BCUT2D eigenvalue weighted by molar-refractivity contribution is 6.01. The third-order valence-corrected chi connectivity index (χ3v) is 4.55. The zero-order valence-electron chi connectivity index (χ0n) is 13.7. The summed E-state index contributed by atoms with van der Waals surface area (Å²) in [4.78, 5) is 14.9. The summed E-state index contributed by atoms with van der Waals surface area (Å²) in [5.74, 6) is 0.701. The maximum Gasteiger partial charge on any atom is 0.251 e. The van der Waals surface area contributed by atoms with E-state index in [2.05, 4.69) is 5.10 Å². The lowest BCUT2D eigenvalue weighted by molar-refractivity contribution is -0.124. The number of aryl methyl sites for hydroxylation is 1. The second-order valence-corrected chi connectivity index (χ2v) is 5.88. The van der Waals surface area contributed by atoms with E-state index in [1.54, 1.807) is 22.9 Å². The Morgan fingerprint density at radius 3 is 2.91 bits per heavy atom. The number of ether oxygens (including phenoxy) is 1. The number of rotatable bonds is 4. The van der Waals surface area contributed by atoms with Crippen molar-refractivity contribution < 1.29 is 9.53 Å². The van der Waals surface area contributed by atoms with Crippen LogP contribution in [-0.4, -0.2) is 29.3 Å². The van der Waals surface area contributed by atoms with Crippen LogP contribution < -0.4 is 15.4 Å². The van der Waals surface area contributed by atoms with E-state index in [1.165, 1.54) is 0 Å². The van der Waals surface area contributed by atoms with Gasteiger partial charge in [0.2, 0.25) is 0 Å². The van der Waals surface area contributed by atoms with E-state index in [0.717, 1.165) is 29.0 Å². The van der Waals surface area contributed by atoms with Gasteiger partial charge in [-0.15, -0.1) is 0 Å². The number of nitrogens with zero attached hydrogens (tertiary/aromatic N) is 3. The van der Waals surface area contributed by atoms with Gasteiger partial charge in [0.15, 0.2) is 0 Å². The maximum atomic E-state index is 13.2. The average Bonchev–Trinajstić information content (AvgIpc) is 3.13. The second kappa shape index (κ2) is 5.70. The molecule has 6 heteroatoms. The number of carbonyl (C=O) groups is 1. The standard InChI is InChI=1S/C17H22N4O2/c1-4-21(12-10-19-20(2)11-12)16(22)17(18)9-8-13-14(17)6-5-7-15(13)23-3/h5-7,10-11H,4,8-9,18H2,1-3H3. The van der Waals surface area contributed by atoms with E-state index in [4.69, 9.17) is 10.5 Å². The van der Waals surface area contributed by atoms with E-state index >= 15 is 0 Å². The Kier molecular flexibility index (Phi) is 3.85. The summed E-state index contributed by atoms with van der Waals surface area (Å²) in [7, 11) is 3.47. The van der Waals surface area contributed by atoms with Gasteiger partial charge in [-0.2, -0.15) is 5.10 Å². The van der Waals surface area contributed by atoms with Gasteiger partial charge in [-0.3, -0.25) is 9.48 Å². The highest BCUT2D eigenvalue weighted by Crippen LogP contribution is 2.41. The molecule has 1 aliphatic rings. The molecule has 1 amide bonds. The van der Waals surface area contributed by atoms with Crippen molar-refractivity contribution in [3.8, 4) is 5.75 Å². The predicted molar refractivity (Wildman–Crippen MR) is 88.4 cm³/mol. The Hall–Kier alpha value is -2.34. The average molecular weight is 314 g/mol. The summed E-state index contributed by atoms with van der Waals surface area (Å²) in [6, 6.07) is 5.73. The van der Waals surface area contributed by atoms with Crippen molar-refractivity contribution in [2.24, 2.45) is 12.8 Å². The fourth-order valence-corrected chi connectivity index (χ4v) is 3.34. The first-order valence-corrected chi connectivity index (χ1v) is 7.77. The highest BCUT2D eigenvalue weighted by atomic mass is 16.5. The van der Waals surface area contributed by atoms with Crippen molar-refractivity contribution in [2.45, 2.75) is 25.3 Å². The molecule has 1 atom stereocenters. The molecule has 6 nitrogen and oxygen atoms in total.